The molecule has 0 spiro atoms. The van der Waals surface area contributed by atoms with E-state index in [9.17, 15) is 14.4 Å². The van der Waals surface area contributed by atoms with E-state index in [1.54, 1.807) is 0 Å². The number of nitrogens with one attached hydrogen (secondary N) is 1. The van der Waals surface area contributed by atoms with Crippen LogP contribution in [0.15, 0.2) is 24.3 Å². The quantitative estimate of drug-likeness (QED) is 0.650. The molecule has 5 nitrogen and oxygen atoms in total. The Morgan fingerprint density at radius 1 is 1.07 bits per heavy atom. The molecule has 0 radical (unpaired) electrons. The minimum atomic E-state index is -0.751. The fraction of sp³-hybridized carbons (Fsp3) is 0.571. The molecule has 6 heteroatoms. The lowest BCUT2D eigenvalue weighted by atomic mass is 9.97. The Hall–Kier alpha value is -1.82. The zero-order valence-electron chi connectivity index (χ0n) is 17.1. The molecule has 0 fully saturated rings. The Kier molecular flexibility index (Phi) is 9.56. The van der Waals surface area contributed by atoms with Crippen molar-refractivity contribution in [2.24, 2.45) is 11.8 Å². The van der Waals surface area contributed by atoms with E-state index in [0.29, 0.717) is 11.7 Å². The van der Waals surface area contributed by atoms with E-state index in [0.717, 1.165) is 12.0 Å². The number of hydrogen-bond donors (Lipinski definition) is 1. The molecule has 0 saturated carbocycles. The first-order valence-electron chi connectivity index (χ1n) is 9.26. The Morgan fingerprint density at radius 2 is 1.67 bits per heavy atom. The number of carbonyl (C=O) groups excluding carboxylic acids is 3. The van der Waals surface area contributed by atoms with Crippen LogP contribution in [0.2, 0.25) is 0 Å². The molecular formula is C21H31NO4S. The molecule has 0 aliphatic heterocycles. The van der Waals surface area contributed by atoms with Crippen LogP contribution in [-0.2, 0) is 25.5 Å². The highest BCUT2D eigenvalue weighted by molar-refractivity contribution is 8.13. The number of esters is 1. The molecule has 0 bridgehead atoms. The SMILES string of the molecule is COC(=O)C(NC(C)=O)C(C)CSC(=O)C(C)c1ccc(CC(C)C)cc1. The lowest BCUT2D eigenvalue weighted by molar-refractivity contribution is -0.146. The smallest absolute Gasteiger partial charge is 0.328 e. The standard InChI is InChI=1S/C21H31NO4S/c1-13(2)11-17-7-9-18(10-8-17)15(4)21(25)27-12-14(3)19(20(24)26-6)22-16(5)23/h7-10,13-15,19H,11-12H2,1-6H3,(H,22,23). The van der Waals surface area contributed by atoms with Gasteiger partial charge in [0.05, 0.1) is 13.0 Å². The van der Waals surface area contributed by atoms with Gasteiger partial charge in [-0.05, 0) is 29.4 Å². The number of ether oxygens (including phenoxy) is 1. The molecule has 0 aliphatic rings. The third-order valence-electron chi connectivity index (χ3n) is 4.35. The number of carbonyl (C=O) groups is 3. The van der Waals surface area contributed by atoms with Crippen molar-refractivity contribution < 1.29 is 19.1 Å². The highest BCUT2D eigenvalue weighted by Crippen LogP contribution is 2.25. The van der Waals surface area contributed by atoms with Crippen molar-refractivity contribution in [1.29, 1.82) is 0 Å². The highest BCUT2D eigenvalue weighted by atomic mass is 32.2. The Bertz CT molecular complexity index is 642. The summed E-state index contributed by atoms with van der Waals surface area (Å²) in [6, 6.07) is 7.43. The van der Waals surface area contributed by atoms with Crippen LogP contribution in [0.25, 0.3) is 0 Å². The van der Waals surface area contributed by atoms with Crippen LogP contribution in [0, 0.1) is 11.8 Å². The lowest BCUT2D eigenvalue weighted by Crippen LogP contribution is -2.45. The molecule has 1 N–H and O–H groups in total. The third kappa shape index (κ3) is 7.75. The molecule has 0 aliphatic carbocycles. The minimum Gasteiger partial charge on any atom is -0.467 e. The zero-order chi connectivity index (χ0) is 20.6. The van der Waals surface area contributed by atoms with Gasteiger partial charge in [-0.2, -0.15) is 0 Å². The number of amides is 1. The summed E-state index contributed by atoms with van der Waals surface area (Å²) in [5, 5.41) is 2.64. The molecule has 3 unspecified atom stereocenters. The number of benzene rings is 1. The van der Waals surface area contributed by atoms with Crippen LogP contribution in [0.1, 0.15) is 51.7 Å². The number of thioether (sulfide) groups is 1. The van der Waals surface area contributed by atoms with Crippen LogP contribution >= 0.6 is 11.8 Å². The highest BCUT2D eigenvalue weighted by Gasteiger charge is 2.28. The van der Waals surface area contributed by atoms with Crippen molar-refractivity contribution in [3.8, 4) is 0 Å². The normalized spacial score (nSPS) is 14.3. The summed E-state index contributed by atoms with van der Waals surface area (Å²) in [6.45, 7) is 9.43. The first-order chi connectivity index (χ1) is 12.6. The Morgan fingerprint density at radius 3 is 2.15 bits per heavy atom. The van der Waals surface area contributed by atoms with Crippen LogP contribution in [-0.4, -0.2) is 35.9 Å². The molecule has 0 aromatic heterocycles. The van der Waals surface area contributed by atoms with Crippen molar-refractivity contribution in [2.75, 3.05) is 12.9 Å². The van der Waals surface area contributed by atoms with Crippen molar-refractivity contribution in [3.05, 3.63) is 35.4 Å². The maximum atomic E-state index is 12.6. The first-order valence-corrected chi connectivity index (χ1v) is 10.2. The van der Waals surface area contributed by atoms with Gasteiger partial charge >= 0.3 is 5.97 Å². The van der Waals surface area contributed by atoms with Gasteiger partial charge in [0.15, 0.2) is 5.12 Å². The van der Waals surface area contributed by atoms with E-state index in [4.69, 9.17) is 4.74 Å². The van der Waals surface area contributed by atoms with Crippen LogP contribution in [0.3, 0.4) is 0 Å². The van der Waals surface area contributed by atoms with Crippen LogP contribution in [0.5, 0.6) is 0 Å². The Balaban J connectivity index is 2.66. The summed E-state index contributed by atoms with van der Waals surface area (Å²) in [5.74, 6) is -0.237. The molecule has 1 rings (SSSR count). The summed E-state index contributed by atoms with van der Waals surface area (Å²) in [7, 11) is 1.28. The fourth-order valence-corrected chi connectivity index (χ4v) is 3.77. The van der Waals surface area contributed by atoms with Crippen LogP contribution in [0.4, 0.5) is 0 Å². The van der Waals surface area contributed by atoms with E-state index < -0.39 is 12.0 Å². The topological polar surface area (TPSA) is 72.5 Å². The van der Waals surface area contributed by atoms with Crippen molar-refractivity contribution >= 4 is 28.8 Å². The summed E-state index contributed by atoms with van der Waals surface area (Å²) >= 11 is 1.19. The minimum absolute atomic E-state index is 0.0462. The predicted molar refractivity (Wildman–Crippen MR) is 110 cm³/mol. The van der Waals surface area contributed by atoms with Gasteiger partial charge in [0.2, 0.25) is 5.91 Å². The first kappa shape index (κ1) is 23.2. The van der Waals surface area contributed by atoms with Gasteiger partial charge in [0.25, 0.3) is 0 Å². The molecule has 0 saturated heterocycles. The molecule has 150 valence electrons. The van der Waals surface area contributed by atoms with Crippen molar-refractivity contribution in [1.82, 2.24) is 5.32 Å². The molecule has 0 heterocycles. The monoisotopic (exact) mass is 393 g/mol. The van der Waals surface area contributed by atoms with Gasteiger partial charge in [-0.3, -0.25) is 9.59 Å². The molecule has 1 aromatic carbocycles. The molecule has 1 aromatic rings. The second kappa shape index (κ2) is 11.1. The van der Waals surface area contributed by atoms with E-state index >= 15 is 0 Å². The number of rotatable bonds is 9. The molecule has 1 amide bonds. The average Bonchev–Trinajstić information content (AvgIpc) is 2.62. The summed E-state index contributed by atoms with van der Waals surface area (Å²) in [4.78, 5) is 35.7. The average molecular weight is 394 g/mol. The molecule has 3 atom stereocenters. The molecular weight excluding hydrogens is 362 g/mol. The van der Waals surface area contributed by atoms with Gasteiger partial charge in [-0.25, -0.2) is 4.79 Å². The van der Waals surface area contributed by atoms with E-state index in [1.807, 2.05) is 26.0 Å². The summed E-state index contributed by atoms with van der Waals surface area (Å²) < 4.78 is 4.75. The van der Waals surface area contributed by atoms with Gasteiger partial charge in [0.1, 0.15) is 6.04 Å². The van der Waals surface area contributed by atoms with Crippen LogP contribution < -0.4 is 5.32 Å². The maximum Gasteiger partial charge on any atom is 0.328 e. The van der Waals surface area contributed by atoms with Gasteiger partial charge < -0.3 is 10.1 Å². The van der Waals surface area contributed by atoms with E-state index in [1.165, 1.54) is 31.4 Å². The fourth-order valence-electron chi connectivity index (χ4n) is 2.76. The van der Waals surface area contributed by atoms with Gasteiger partial charge in [-0.1, -0.05) is 63.7 Å². The third-order valence-corrected chi connectivity index (χ3v) is 5.68. The maximum absolute atomic E-state index is 12.6. The van der Waals surface area contributed by atoms with E-state index in [-0.39, 0.29) is 22.9 Å². The number of hydrogen-bond acceptors (Lipinski definition) is 5. The predicted octanol–water partition coefficient (Wildman–Crippen LogP) is 3.56. The summed E-state index contributed by atoms with van der Waals surface area (Å²) in [6.07, 6.45) is 1.02. The second-order valence-corrected chi connectivity index (χ2v) is 8.39. The lowest BCUT2D eigenvalue weighted by Gasteiger charge is -2.22. The van der Waals surface area contributed by atoms with Gasteiger partial charge in [-0.15, -0.1) is 0 Å². The Labute approximate surface area is 166 Å². The summed E-state index contributed by atoms with van der Waals surface area (Å²) in [5.41, 5.74) is 2.25. The largest absolute Gasteiger partial charge is 0.467 e. The molecule has 27 heavy (non-hydrogen) atoms. The second-order valence-electron chi connectivity index (χ2n) is 7.37. The van der Waals surface area contributed by atoms with Crippen molar-refractivity contribution in [3.63, 3.8) is 0 Å². The van der Waals surface area contributed by atoms with Crippen molar-refractivity contribution in [2.45, 2.75) is 53.0 Å². The zero-order valence-corrected chi connectivity index (χ0v) is 17.9. The number of methoxy groups -OCH3 is 1. The van der Waals surface area contributed by atoms with Gasteiger partial charge in [0, 0.05) is 12.7 Å². The van der Waals surface area contributed by atoms with E-state index in [2.05, 4.69) is 31.3 Å².